The molecule has 0 saturated carbocycles. The van der Waals surface area contributed by atoms with Crippen LogP contribution in [0.3, 0.4) is 0 Å². The molecule has 0 aromatic heterocycles. The molecule has 0 aliphatic heterocycles. The first-order valence-corrected chi connectivity index (χ1v) is 7.71. The van der Waals surface area contributed by atoms with Gasteiger partial charge in [0, 0.05) is 6.42 Å². The van der Waals surface area contributed by atoms with Crippen LogP contribution in [0.25, 0.3) is 0 Å². The van der Waals surface area contributed by atoms with Crippen LogP contribution in [0, 0.1) is 11.3 Å². The molecular weight excluding hydrogens is 224 g/mol. The highest BCUT2D eigenvalue weighted by atomic mass is 16.4. The molecule has 0 spiro atoms. The Bertz CT molecular complexity index is 225. The minimum atomic E-state index is -0.630. The van der Waals surface area contributed by atoms with Crippen molar-refractivity contribution in [1.82, 2.24) is 0 Å². The summed E-state index contributed by atoms with van der Waals surface area (Å²) in [6, 6.07) is 0. The van der Waals surface area contributed by atoms with E-state index in [2.05, 4.69) is 27.7 Å². The lowest BCUT2D eigenvalue weighted by atomic mass is 9.67. The Morgan fingerprint density at radius 3 is 2.11 bits per heavy atom. The molecule has 2 atom stereocenters. The van der Waals surface area contributed by atoms with E-state index >= 15 is 0 Å². The zero-order chi connectivity index (χ0) is 14.0. The van der Waals surface area contributed by atoms with E-state index in [9.17, 15) is 4.79 Å². The maximum atomic E-state index is 11.1. The first-order valence-electron chi connectivity index (χ1n) is 7.71. The first-order chi connectivity index (χ1) is 8.50. The van der Waals surface area contributed by atoms with Gasteiger partial charge in [-0.2, -0.15) is 0 Å². The van der Waals surface area contributed by atoms with Crippen molar-refractivity contribution in [3.05, 3.63) is 0 Å². The quantitative estimate of drug-likeness (QED) is 0.547. The van der Waals surface area contributed by atoms with Crippen molar-refractivity contribution < 1.29 is 9.90 Å². The van der Waals surface area contributed by atoms with Gasteiger partial charge in [0.25, 0.3) is 0 Å². The largest absolute Gasteiger partial charge is 0.481 e. The van der Waals surface area contributed by atoms with Gasteiger partial charge in [0.1, 0.15) is 0 Å². The Hall–Kier alpha value is -0.530. The third-order valence-electron chi connectivity index (χ3n) is 4.24. The Morgan fingerprint density at radius 1 is 1.06 bits per heavy atom. The van der Waals surface area contributed by atoms with Crippen molar-refractivity contribution in [2.24, 2.45) is 11.3 Å². The zero-order valence-corrected chi connectivity index (χ0v) is 12.8. The van der Waals surface area contributed by atoms with Crippen LogP contribution >= 0.6 is 0 Å². The van der Waals surface area contributed by atoms with Gasteiger partial charge in [0.2, 0.25) is 0 Å². The van der Waals surface area contributed by atoms with E-state index in [1.165, 1.54) is 19.3 Å². The third kappa shape index (κ3) is 6.42. The van der Waals surface area contributed by atoms with Gasteiger partial charge >= 0.3 is 5.97 Å². The number of carbonyl (C=O) groups is 1. The fourth-order valence-electron chi connectivity index (χ4n) is 3.04. The van der Waals surface area contributed by atoms with Crippen LogP contribution in [0.15, 0.2) is 0 Å². The van der Waals surface area contributed by atoms with E-state index in [0.29, 0.717) is 12.3 Å². The molecule has 0 aliphatic carbocycles. The molecule has 0 rings (SSSR count). The summed E-state index contributed by atoms with van der Waals surface area (Å²) in [6.45, 7) is 8.92. The molecule has 108 valence electrons. The van der Waals surface area contributed by atoms with Crippen LogP contribution in [0.5, 0.6) is 0 Å². The standard InChI is InChI=1S/C16H32O2/c1-5-8-10-14(13-15(17)18)16(4,11-7-3)12-9-6-2/h14H,5-13H2,1-4H3,(H,17,18)/t14-,16?/m0/s1. The van der Waals surface area contributed by atoms with Gasteiger partial charge in [0.05, 0.1) is 0 Å². The topological polar surface area (TPSA) is 37.3 Å². The molecule has 0 aromatic carbocycles. The lowest BCUT2D eigenvalue weighted by Crippen LogP contribution is -2.29. The molecule has 0 heterocycles. The summed E-state index contributed by atoms with van der Waals surface area (Å²) < 4.78 is 0. The number of hydrogen-bond donors (Lipinski definition) is 1. The molecule has 0 radical (unpaired) electrons. The van der Waals surface area contributed by atoms with Crippen LogP contribution < -0.4 is 0 Å². The highest BCUT2D eigenvalue weighted by Crippen LogP contribution is 2.42. The molecule has 0 amide bonds. The summed E-state index contributed by atoms with van der Waals surface area (Å²) in [6.07, 6.45) is 9.65. The Morgan fingerprint density at radius 2 is 1.67 bits per heavy atom. The predicted molar refractivity (Wildman–Crippen MR) is 77.8 cm³/mol. The van der Waals surface area contributed by atoms with Crippen molar-refractivity contribution in [2.75, 3.05) is 0 Å². The van der Waals surface area contributed by atoms with Gasteiger partial charge in [-0.05, 0) is 30.6 Å². The van der Waals surface area contributed by atoms with Crippen molar-refractivity contribution >= 4 is 5.97 Å². The lowest BCUT2D eigenvalue weighted by Gasteiger charge is -2.37. The highest BCUT2D eigenvalue weighted by molar-refractivity contribution is 5.67. The second-order valence-corrected chi connectivity index (χ2v) is 5.94. The maximum Gasteiger partial charge on any atom is 0.303 e. The highest BCUT2D eigenvalue weighted by Gasteiger charge is 2.33. The van der Waals surface area contributed by atoms with Crippen molar-refractivity contribution in [1.29, 1.82) is 0 Å². The second-order valence-electron chi connectivity index (χ2n) is 5.94. The molecule has 18 heavy (non-hydrogen) atoms. The smallest absolute Gasteiger partial charge is 0.303 e. The van der Waals surface area contributed by atoms with Crippen LogP contribution in [0.1, 0.15) is 85.5 Å². The summed E-state index contributed by atoms with van der Waals surface area (Å²) in [5, 5.41) is 9.14. The maximum absolute atomic E-state index is 11.1. The van der Waals surface area contributed by atoms with Crippen LogP contribution in [0.2, 0.25) is 0 Å². The number of hydrogen-bond acceptors (Lipinski definition) is 1. The van der Waals surface area contributed by atoms with E-state index in [-0.39, 0.29) is 5.41 Å². The molecule has 0 bridgehead atoms. The molecular formula is C16H32O2. The Balaban J connectivity index is 4.74. The molecule has 1 N–H and O–H groups in total. The van der Waals surface area contributed by atoms with E-state index in [0.717, 1.165) is 32.1 Å². The number of carboxylic acids is 1. The number of rotatable bonds is 11. The molecule has 2 nitrogen and oxygen atoms in total. The molecule has 2 heteroatoms. The summed E-state index contributed by atoms with van der Waals surface area (Å²) in [5.41, 5.74) is 0.221. The monoisotopic (exact) mass is 256 g/mol. The number of unbranched alkanes of at least 4 members (excludes halogenated alkanes) is 2. The average Bonchev–Trinajstić information content (AvgIpc) is 2.31. The second kappa shape index (κ2) is 9.41. The van der Waals surface area contributed by atoms with Crippen molar-refractivity contribution in [3.8, 4) is 0 Å². The van der Waals surface area contributed by atoms with E-state index in [1.807, 2.05) is 0 Å². The first kappa shape index (κ1) is 17.5. The predicted octanol–water partition coefficient (Wildman–Crippen LogP) is 5.26. The van der Waals surface area contributed by atoms with E-state index in [4.69, 9.17) is 5.11 Å². The minimum Gasteiger partial charge on any atom is -0.481 e. The number of aliphatic carboxylic acids is 1. The fourth-order valence-corrected chi connectivity index (χ4v) is 3.04. The van der Waals surface area contributed by atoms with E-state index < -0.39 is 5.97 Å². The number of carboxylic acid groups (broad SMARTS) is 1. The van der Waals surface area contributed by atoms with Crippen LogP contribution in [0.4, 0.5) is 0 Å². The van der Waals surface area contributed by atoms with Gasteiger partial charge in [-0.3, -0.25) is 4.79 Å². The summed E-state index contributed by atoms with van der Waals surface area (Å²) >= 11 is 0. The van der Waals surface area contributed by atoms with Crippen molar-refractivity contribution in [3.63, 3.8) is 0 Å². The van der Waals surface area contributed by atoms with Gasteiger partial charge in [0.15, 0.2) is 0 Å². The van der Waals surface area contributed by atoms with Crippen LogP contribution in [-0.2, 0) is 4.79 Å². The van der Waals surface area contributed by atoms with Gasteiger partial charge in [-0.1, -0.05) is 59.8 Å². The van der Waals surface area contributed by atoms with Gasteiger partial charge in [-0.15, -0.1) is 0 Å². The van der Waals surface area contributed by atoms with Gasteiger partial charge in [-0.25, -0.2) is 0 Å². The average molecular weight is 256 g/mol. The summed E-state index contributed by atoms with van der Waals surface area (Å²) in [7, 11) is 0. The Labute approximate surface area is 113 Å². The van der Waals surface area contributed by atoms with Gasteiger partial charge < -0.3 is 5.11 Å². The zero-order valence-electron chi connectivity index (χ0n) is 12.8. The summed E-state index contributed by atoms with van der Waals surface area (Å²) in [4.78, 5) is 11.1. The summed E-state index contributed by atoms with van der Waals surface area (Å²) in [5.74, 6) is -0.281. The SMILES string of the molecule is CCCC[C@@H](CC(=O)O)C(C)(CCC)CCCC. The molecule has 0 aromatic rings. The fraction of sp³-hybridized carbons (Fsp3) is 0.938. The lowest BCUT2D eigenvalue weighted by molar-refractivity contribution is -0.139. The van der Waals surface area contributed by atoms with E-state index in [1.54, 1.807) is 0 Å². The molecule has 0 fully saturated rings. The third-order valence-corrected chi connectivity index (χ3v) is 4.24. The minimum absolute atomic E-state index is 0.221. The van der Waals surface area contributed by atoms with Crippen LogP contribution in [-0.4, -0.2) is 11.1 Å². The normalized spacial score (nSPS) is 16.2. The molecule has 1 unspecified atom stereocenters. The van der Waals surface area contributed by atoms with Crippen molar-refractivity contribution in [2.45, 2.75) is 85.5 Å². The molecule has 0 saturated heterocycles. The molecule has 0 aliphatic rings. The Kier molecular flexibility index (Phi) is 9.13.